The van der Waals surface area contributed by atoms with Crippen LogP contribution in [0.5, 0.6) is 0 Å². The van der Waals surface area contributed by atoms with Gasteiger partial charge in [0, 0.05) is 13.0 Å². The van der Waals surface area contributed by atoms with Gasteiger partial charge in [0.1, 0.15) is 17.6 Å². The van der Waals surface area contributed by atoms with Crippen LogP contribution in [0.15, 0.2) is 66.1 Å². The van der Waals surface area contributed by atoms with Crippen molar-refractivity contribution in [3.8, 4) is 5.69 Å². The summed E-state index contributed by atoms with van der Waals surface area (Å²) in [5, 5.41) is 7.05. The Hall–Kier alpha value is -2.75. The Morgan fingerprint density at radius 2 is 1.90 bits per heavy atom. The summed E-state index contributed by atoms with van der Waals surface area (Å²) < 4.78 is 28.6. The fourth-order valence-corrected chi connectivity index (χ4v) is 4.24. The maximum atomic E-state index is 12.3. The Bertz CT molecular complexity index is 1070. The van der Waals surface area contributed by atoms with Gasteiger partial charge in [0.05, 0.1) is 16.8 Å². The lowest BCUT2D eigenvalue weighted by atomic mass is 10.1. The third-order valence-electron chi connectivity index (χ3n) is 4.22. The van der Waals surface area contributed by atoms with E-state index in [1.807, 2.05) is 31.2 Å². The van der Waals surface area contributed by atoms with E-state index in [1.165, 1.54) is 18.5 Å². The zero-order chi connectivity index (χ0) is 20.9. The molecule has 0 spiro atoms. The van der Waals surface area contributed by atoms with Gasteiger partial charge >= 0.3 is 0 Å². The van der Waals surface area contributed by atoms with Crippen molar-refractivity contribution in [2.45, 2.75) is 24.3 Å². The maximum absolute atomic E-state index is 12.3. The number of halogens is 1. The lowest BCUT2D eigenvalue weighted by molar-refractivity contribution is -0.121. The van der Waals surface area contributed by atoms with Crippen LogP contribution >= 0.6 is 11.6 Å². The summed E-state index contributed by atoms with van der Waals surface area (Å²) in [5.41, 5.74) is 1.78. The lowest BCUT2D eigenvalue weighted by Crippen LogP contribution is -2.32. The number of nitrogens with zero attached hydrogens (tertiary/aromatic N) is 3. The Kier molecular flexibility index (Phi) is 6.63. The van der Waals surface area contributed by atoms with Gasteiger partial charge in [-0.2, -0.15) is 5.10 Å². The second kappa shape index (κ2) is 9.17. The van der Waals surface area contributed by atoms with E-state index < -0.39 is 10.0 Å². The smallest absolute Gasteiger partial charge is 0.242 e. The molecule has 1 atom stereocenters. The van der Waals surface area contributed by atoms with Crippen molar-refractivity contribution in [3.05, 3.63) is 71.8 Å². The second-order valence-electron chi connectivity index (χ2n) is 6.30. The molecular weight excluding hydrogens is 414 g/mol. The molecule has 0 aliphatic rings. The molecule has 3 rings (SSSR count). The van der Waals surface area contributed by atoms with Crippen molar-refractivity contribution in [3.63, 3.8) is 0 Å². The SMILES string of the molecule is CC(NC(=O)CCNS(=O)(=O)c1ccccc1Cl)c1ccc(-n2cncn2)cc1. The van der Waals surface area contributed by atoms with Crippen molar-refractivity contribution in [2.75, 3.05) is 6.54 Å². The number of sulfonamides is 1. The molecule has 10 heteroatoms. The second-order valence-corrected chi connectivity index (χ2v) is 8.44. The van der Waals surface area contributed by atoms with Gasteiger partial charge in [0.2, 0.25) is 15.9 Å². The summed E-state index contributed by atoms with van der Waals surface area (Å²) in [6.07, 6.45) is 3.06. The van der Waals surface area contributed by atoms with Crippen LogP contribution in [-0.2, 0) is 14.8 Å². The average Bonchev–Trinajstić information content (AvgIpc) is 3.23. The number of aromatic nitrogens is 3. The van der Waals surface area contributed by atoms with E-state index in [0.717, 1.165) is 11.3 Å². The number of hydrogen-bond donors (Lipinski definition) is 2. The first kappa shape index (κ1) is 21.0. The van der Waals surface area contributed by atoms with Crippen LogP contribution in [-0.4, -0.2) is 35.6 Å². The molecule has 1 unspecified atom stereocenters. The van der Waals surface area contributed by atoms with E-state index in [2.05, 4.69) is 20.1 Å². The van der Waals surface area contributed by atoms with Gasteiger partial charge in [-0.25, -0.2) is 22.8 Å². The molecule has 152 valence electrons. The summed E-state index contributed by atoms with van der Waals surface area (Å²) in [4.78, 5) is 16.1. The van der Waals surface area contributed by atoms with E-state index in [4.69, 9.17) is 11.6 Å². The molecule has 0 aliphatic heterocycles. The molecule has 0 aliphatic carbocycles. The number of carbonyl (C=O) groups is 1. The number of carbonyl (C=O) groups excluding carboxylic acids is 1. The largest absolute Gasteiger partial charge is 0.350 e. The van der Waals surface area contributed by atoms with Crippen LogP contribution in [0.3, 0.4) is 0 Å². The first-order chi connectivity index (χ1) is 13.9. The molecule has 0 bridgehead atoms. The van der Waals surface area contributed by atoms with Crippen molar-refractivity contribution < 1.29 is 13.2 Å². The van der Waals surface area contributed by atoms with Crippen LogP contribution in [0.2, 0.25) is 5.02 Å². The lowest BCUT2D eigenvalue weighted by Gasteiger charge is -2.15. The van der Waals surface area contributed by atoms with Crippen molar-refractivity contribution in [1.29, 1.82) is 0 Å². The number of nitrogens with one attached hydrogen (secondary N) is 2. The monoisotopic (exact) mass is 433 g/mol. The third-order valence-corrected chi connectivity index (χ3v) is 6.19. The van der Waals surface area contributed by atoms with Crippen LogP contribution in [0.4, 0.5) is 0 Å². The van der Waals surface area contributed by atoms with Crippen LogP contribution in [0, 0.1) is 0 Å². The minimum absolute atomic E-state index is 0.00502. The van der Waals surface area contributed by atoms with E-state index in [9.17, 15) is 13.2 Å². The molecule has 0 radical (unpaired) electrons. The average molecular weight is 434 g/mol. The normalized spacial score (nSPS) is 12.5. The molecule has 2 N–H and O–H groups in total. The topological polar surface area (TPSA) is 106 Å². The molecule has 29 heavy (non-hydrogen) atoms. The molecule has 8 nitrogen and oxygen atoms in total. The summed E-state index contributed by atoms with van der Waals surface area (Å²) in [6, 6.07) is 13.5. The van der Waals surface area contributed by atoms with Gasteiger partial charge in [-0.05, 0) is 36.8 Å². The molecular formula is C19H20ClN5O3S. The predicted octanol–water partition coefficient (Wildman–Crippen LogP) is 2.47. The Labute approximate surface area is 174 Å². The quantitative estimate of drug-likeness (QED) is 0.567. The van der Waals surface area contributed by atoms with Gasteiger partial charge in [0.25, 0.3) is 0 Å². The molecule has 0 saturated heterocycles. The highest BCUT2D eigenvalue weighted by Crippen LogP contribution is 2.20. The Morgan fingerprint density at radius 3 is 2.55 bits per heavy atom. The molecule has 1 aromatic heterocycles. The molecule has 3 aromatic rings. The number of rotatable bonds is 8. The Morgan fingerprint density at radius 1 is 1.17 bits per heavy atom. The molecule has 1 heterocycles. The van der Waals surface area contributed by atoms with E-state index >= 15 is 0 Å². The summed E-state index contributed by atoms with van der Waals surface area (Å²) in [6.45, 7) is 1.83. The van der Waals surface area contributed by atoms with E-state index in [1.54, 1.807) is 23.1 Å². The molecule has 2 aromatic carbocycles. The highest BCUT2D eigenvalue weighted by Gasteiger charge is 2.17. The van der Waals surface area contributed by atoms with Crippen molar-refractivity contribution in [1.82, 2.24) is 24.8 Å². The fraction of sp³-hybridized carbons (Fsp3) is 0.211. The number of amides is 1. The summed E-state index contributed by atoms with van der Waals surface area (Å²) >= 11 is 5.92. The summed E-state index contributed by atoms with van der Waals surface area (Å²) in [7, 11) is -3.77. The predicted molar refractivity (Wildman–Crippen MR) is 109 cm³/mol. The Balaban J connectivity index is 1.51. The van der Waals surface area contributed by atoms with E-state index in [-0.39, 0.29) is 34.8 Å². The van der Waals surface area contributed by atoms with Gasteiger partial charge in [-0.1, -0.05) is 35.9 Å². The highest BCUT2D eigenvalue weighted by molar-refractivity contribution is 7.89. The summed E-state index contributed by atoms with van der Waals surface area (Å²) in [5.74, 6) is -0.264. The fourth-order valence-electron chi connectivity index (χ4n) is 2.69. The van der Waals surface area contributed by atoms with Gasteiger partial charge in [0.15, 0.2) is 0 Å². The maximum Gasteiger partial charge on any atom is 0.242 e. The van der Waals surface area contributed by atoms with Gasteiger partial charge in [-0.3, -0.25) is 4.79 Å². The number of benzene rings is 2. The van der Waals surface area contributed by atoms with Crippen molar-refractivity contribution >= 4 is 27.5 Å². The minimum atomic E-state index is -3.77. The van der Waals surface area contributed by atoms with Crippen molar-refractivity contribution in [2.24, 2.45) is 0 Å². The highest BCUT2D eigenvalue weighted by atomic mass is 35.5. The standard InChI is InChI=1S/C19H20ClN5O3S/c1-14(15-6-8-16(9-7-15)25-13-21-12-22-25)24-19(26)10-11-23-29(27,28)18-5-3-2-4-17(18)20/h2-9,12-14,23H,10-11H2,1H3,(H,24,26). The third kappa shape index (κ3) is 5.41. The van der Waals surface area contributed by atoms with Crippen LogP contribution in [0.25, 0.3) is 5.69 Å². The first-order valence-corrected chi connectivity index (χ1v) is 10.7. The van der Waals surface area contributed by atoms with Crippen LogP contribution < -0.4 is 10.0 Å². The molecule has 0 fully saturated rings. The van der Waals surface area contributed by atoms with Gasteiger partial charge in [-0.15, -0.1) is 0 Å². The zero-order valence-corrected chi connectivity index (χ0v) is 17.2. The molecule has 1 amide bonds. The van der Waals surface area contributed by atoms with E-state index in [0.29, 0.717) is 0 Å². The zero-order valence-electron chi connectivity index (χ0n) is 15.6. The van der Waals surface area contributed by atoms with Crippen LogP contribution in [0.1, 0.15) is 24.9 Å². The van der Waals surface area contributed by atoms with Gasteiger partial charge < -0.3 is 5.32 Å². The first-order valence-electron chi connectivity index (χ1n) is 8.85. The number of hydrogen-bond acceptors (Lipinski definition) is 5. The minimum Gasteiger partial charge on any atom is -0.350 e. The molecule has 0 saturated carbocycles.